The molecule has 4 rings (SSSR count). The molecule has 9 heteroatoms. The lowest BCUT2D eigenvalue weighted by atomic mass is 9.93. The molecule has 3 aromatic heterocycles. The summed E-state index contributed by atoms with van der Waals surface area (Å²) in [6.07, 6.45) is 12.9. The summed E-state index contributed by atoms with van der Waals surface area (Å²) in [7, 11) is 1.67. The van der Waals surface area contributed by atoms with Crippen molar-refractivity contribution in [2.24, 2.45) is 0 Å². The van der Waals surface area contributed by atoms with Crippen molar-refractivity contribution >= 4 is 5.91 Å². The molecular formula is C24H32N6O3. The van der Waals surface area contributed by atoms with Gasteiger partial charge in [0.2, 0.25) is 0 Å². The summed E-state index contributed by atoms with van der Waals surface area (Å²) in [6.45, 7) is 5.38. The molecule has 3 aromatic rings. The molecule has 0 saturated heterocycles. The first-order valence-electron chi connectivity index (χ1n) is 11.5. The van der Waals surface area contributed by atoms with Crippen LogP contribution in [-0.4, -0.2) is 62.7 Å². The van der Waals surface area contributed by atoms with Crippen LogP contribution in [0, 0.1) is 0 Å². The lowest BCUT2D eigenvalue weighted by Gasteiger charge is -2.29. The highest BCUT2D eigenvalue weighted by Crippen LogP contribution is 2.25. The molecule has 0 unspecified atom stereocenters. The summed E-state index contributed by atoms with van der Waals surface area (Å²) < 4.78 is 14.6. The normalized spacial score (nSPS) is 18.5. The van der Waals surface area contributed by atoms with E-state index < -0.39 is 0 Å². The van der Waals surface area contributed by atoms with Gasteiger partial charge in [-0.05, 0) is 57.2 Å². The van der Waals surface area contributed by atoms with Crippen LogP contribution in [0.4, 0.5) is 0 Å². The van der Waals surface area contributed by atoms with Gasteiger partial charge in [0.05, 0.1) is 25.5 Å². The summed E-state index contributed by atoms with van der Waals surface area (Å²) in [5.41, 5.74) is 2.21. The van der Waals surface area contributed by atoms with Crippen LogP contribution in [-0.2, 0) is 9.47 Å². The number of amides is 1. The van der Waals surface area contributed by atoms with Crippen LogP contribution < -0.4 is 5.32 Å². The Morgan fingerprint density at radius 1 is 1.18 bits per heavy atom. The van der Waals surface area contributed by atoms with Crippen molar-refractivity contribution in [1.29, 1.82) is 0 Å². The maximum absolute atomic E-state index is 13.2. The maximum Gasteiger partial charge on any atom is 0.270 e. The molecule has 33 heavy (non-hydrogen) atoms. The van der Waals surface area contributed by atoms with E-state index in [4.69, 9.17) is 9.47 Å². The van der Waals surface area contributed by atoms with Crippen molar-refractivity contribution in [2.75, 3.05) is 20.3 Å². The summed E-state index contributed by atoms with van der Waals surface area (Å²) in [6, 6.07) is 4.15. The number of nitrogens with one attached hydrogen (secondary N) is 1. The standard InChI is InChI=1S/C24H32N6O3/c1-17(2)30-15-19(14-26-30)18-12-22(28-23(13-18)29-9-8-25-16-29)24(31)27-20-4-6-21(7-5-20)33-11-10-32-3/h8-9,12-17,20-21H,4-7,10-11H2,1-3H3,(H,27,31)/t20-,21-. The number of rotatable bonds is 9. The average Bonchev–Trinajstić information content (AvgIpc) is 3.53. The first-order chi connectivity index (χ1) is 16.0. The Bertz CT molecular complexity index is 1040. The van der Waals surface area contributed by atoms with Gasteiger partial charge in [-0.15, -0.1) is 0 Å². The molecule has 1 saturated carbocycles. The molecule has 0 radical (unpaired) electrons. The number of aromatic nitrogens is 5. The van der Waals surface area contributed by atoms with Crippen molar-refractivity contribution in [3.8, 4) is 16.9 Å². The average molecular weight is 453 g/mol. The zero-order valence-corrected chi connectivity index (χ0v) is 19.5. The quantitative estimate of drug-likeness (QED) is 0.500. The Morgan fingerprint density at radius 2 is 2.00 bits per heavy atom. The minimum absolute atomic E-state index is 0.116. The second kappa shape index (κ2) is 10.7. The largest absolute Gasteiger partial charge is 0.382 e. The van der Waals surface area contributed by atoms with Gasteiger partial charge in [-0.1, -0.05) is 0 Å². The molecule has 0 atom stereocenters. The Labute approximate surface area is 194 Å². The van der Waals surface area contributed by atoms with Crippen LogP contribution in [0.25, 0.3) is 16.9 Å². The molecule has 0 aliphatic heterocycles. The molecule has 0 aromatic carbocycles. The van der Waals surface area contributed by atoms with Crippen molar-refractivity contribution in [3.05, 3.63) is 48.9 Å². The molecular weight excluding hydrogens is 420 g/mol. The fraction of sp³-hybridized carbons (Fsp3) is 0.500. The number of carbonyl (C=O) groups excluding carboxylic acids is 1. The van der Waals surface area contributed by atoms with Crippen LogP contribution in [0.2, 0.25) is 0 Å². The van der Waals surface area contributed by atoms with Gasteiger partial charge in [0.15, 0.2) is 0 Å². The van der Waals surface area contributed by atoms with E-state index in [1.807, 2.05) is 35.4 Å². The number of hydrogen-bond donors (Lipinski definition) is 1. The fourth-order valence-electron chi connectivity index (χ4n) is 4.03. The minimum Gasteiger partial charge on any atom is -0.382 e. The van der Waals surface area contributed by atoms with E-state index in [1.165, 1.54) is 0 Å². The number of imidazole rings is 1. The van der Waals surface area contributed by atoms with Crippen molar-refractivity contribution in [2.45, 2.75) is 57.7 Å². The van der Waals surface area contributed by atoms with Gasteiger partial charge in [0.25, 0.3) is 5.91 Å². The molecule has 1 aliphatic carbocycles. The van der Waals surface area contributed by atoms with Gasteiger partial charge in [-0.25, -0.2) is 9.97 Å². The summed E-state index contributed by atoms with van der Waals surface area (Å²) >= 11 is 0. The first kappa shape index (κ1) is 23.1. The molecule has 0 bridgehead atoms. The topological polar surface area (TPSA) is 96.1 Å². The third kappa shape index (κ3) is 5.85. The van der Waals surface area contributed by atoms with E-state index in [9.17, 15) is 4.79 Å². The highest BCUT2D eigenvalue weighted by atomic mass is 16.5. The zero-order valence-electron chi connectivity index (χ0n) is 19.5. The third-order valence-corrected chi connectivity index (χ3v) is 5.93. The van der Waals surface area contributed by atoms with E-state index in [-0.39, 0.29) is 24.1 Å². The smallest absolute Gasteiger partial charge is 0.270 e. The van der Waals surface area contributed by atoms with Gasteiger partial charge in [-0.2, -0.15) is 5.10 Å². The Kier molecular flexibility index (Phi) is 7.51. The van der Waals surface area contributed by atoms with Crippen LogP contribution >= 0.6 is 0 Å². The second-order valence-electron chi connectivity index (χ2n) is 8.68. The summed E-state index contributed by atoms with van der Waals surface area (Å²) in [5, 5.41) is 7.61. The van der Waals surface area contributed by atoms with Crippen LogP contribution in [0.5, 0.6) is 0 Å². The number of pyridine rings is 1. The number of carbonyl (C=O) groups is 1. The van der Waals surface area contributed by atoms with E-state index in [2.05, 4.69) is 34.2 Å². The predicted molar refractivity (Wildman–Crippen MR) is 124 cm³/mol. The second-order valence-corrected chi connectivity index (χ2v) is 8.68. The Balaban J connectivity index is 1.49. The number of methoxy groups -OCH3 is 1. The van der Waals surface area contributed by atoms with Gasteiger partial charge in [0.1, 0.15) is 17.8 Å². The molecule has 1 N–H and O–H groups in total. The lowest BCUT2D eigenvalue weighted by molar-refractivity contribution is -0.00409. The highest BCUT2D eigenvalue weighted by molar-refractivity contribution is 5.94. The highest BCUT2D eigenvalue weighted by Gasteiger charge is 2.24. The predicted octanol–water partition coefficient (Wildman–Crippen LogP) is 3.42. The lowest BCUT2D eigenvalue weighted by Crippen LogP contribution is -2.39. The molecule has 1 amide bonds. The first-order valence-corrected chi connectivity index (χ1v) is 11.5. The third-order valence-electron chi connectivity index (χ3n) is 5.93. The number of ether oxygens (including phenoxy) is 2. The van der Waals surface area contributed by atoms with E-state index in [1.54, 1.807) is 24.2 Å². The van der Waals surface area contributed by atoms with Gasteiger partial charge >= 0.3 is 0 Å². The number of hydrogen-bond acceptors (Lipinski definition) is 6. The number of nitrogens with zero attached hydrogens (tertiary/aromatic N) is 5. The van der Waals surface area contributed by atoms with E-state index in [0.29, 0.717) is 24.7 Å². The van der Waals surface area contributed by atoms with Crippen LogP contribution in [0.1, 0.15) is 56.1 Å². The molecule has 3 heterocycles. The van der Waals surface area contributed by atoms with Gasteiger partial charge in [0, 0.05) is 43.3 Å². The monoisotopic (exact) mass is 452 g/mol. The Hall–Kier alpha value is -3.04. The van der Waals surface area contributed by atoms with Crippen molar-refractivity contribution < 1.29 is 14.3 Å². The zero-order chi connectivity index (χ0) is 23.2. The summed E-state index contributed by atoms with van der Waals surface area (Å²) in [4.78, 5) is 21.9. The minimum atomic E-state index is -0.168. The van der Waals surface area contributed by atoms with E-state index in [0.717, 1.165) is 36.8 Å². The van der Waals surface area contributed by atoms with Gasteiger partial charge in [-0.3, -0.25) is 14.0 Å². The Morgan fingerprint density at radius 3 is 2.67 bits per heavy atom. The molecule has 176 valence electrons. The summed E-state index contributed by atoms with van der Waals surface area (Å²) in [5.74, 6) is 0.473. The van der Waals surface area contributed by atoms with Crippen LogP contribution in [0.15, 0.2) is 43.2 Å². The van der Waals surface area contributed by atoms with Crippen molar-refractivity contribution in [3.63, 3.8) is 0 Å². The van der Waals surface area contributed by atoms with Crippen LogP contribution in [0.3, 0.4) is 0 Å². The molecule has 9 nitrogen and oxygen atoms in total. The van der Waals surface area contributed by atoms with E-state index >= 15 is 0 Å². The fourth-order valence-corrected chi connectivity index (χ4v) is 4.03. The van der Waals surface area contributed by atoms with Crippen molar-refractivity contribution in [1.82, 2.24) is 29.6 Å². The maximum atomic E-state index is 13.2. The van der Waals surface area contributed by atoms with Gasteiger partial charge < -0.3 is 14.8 Å². The molecule has 1 fully saturated rings. The SMILES string of the molecule is COCCO[C@H]1CC[C@H](NC(=O)c2cc(-c3cnn(C(C)C)c3)cc(-n3ccnc3)n2)CC1. The molecule has 0 spiro atoms. The molecule has 1 aliphatic rings.